The van der Waals surface area contributed by atoms with Crippen molar-refractivity contribution in [1.82, 2.24) is 0 Å². The molecule has 0 aromatic heterocycles. The minimum Gasteiger partial charge on any atom is -0.466 e. The number of thioether (sulfide) groups is 1. The third kappa shape index (κ3) is 14.0. The van der Waals surface area contributed by atoms with E-state index >= 15 is 0 Å². The van der Waals surface area contributed by atoms with Crippen LogP contribution in [-0.4, -0.2) is 48.9 Å². The van der Waals surface area contributed by atoms with E-state index in [0.717, 1.165) is 12.8 Å². The molecule has 21 heavy (non-hydrogen) atoms. The van der Waals surface area contributed by atoms with Crippen molar-refractivity contribution in [2.45, 2.75) is 59.2 Å². The summed E-state index contributed by atoms with van der Waals surface area (Å²) in [5, 5.41) is 0. The number of rotatable bonds is 12. The minimum absolute atomic E-state index is 0.0987. The van der Waals surface area contributed by atoms with Gasteiger partial charge in [-0.3, -0.25) is 9.59 Å². The molecule has 0 amide bonds. The van der Waals surface area contributed by atoms with E-state index in [0.29, 0.717) is 31.1 Å². The second-order valence-corrected chi connectivity index (χ2v) is 6.16. The van der Waals surface area contributed by atoms with Crippen LogP contribution in [0.4, 0.5) is 0 Å². The van der Waals surface area contributed by atoms with Gasteiger partial charge < -0.3 is 14.2 Å². The van der Waals surface area contributed by atoms with E-state index in [9.17, 15) is 9.59 Å². The van der Waals surface area contributed by atoms with Crippen LogP contribution in [0.3, 0.4) is 0 Å². The van der Waals surface area contributed by atoms with E-state index in [2.05, 4.69) is 6.92 Å². The first-order valence-corrected chi connectivity index (χ1v) is 8.63. The van der Waals surface area contributed by atoms with E-state index < -0.39 is 0 Å². The van der Waals surface area contributed by atoms with Crippen LogP contribution >= 0.6 is 11.8 Å². The molecular weight excluding hydrogens is 292 g/mol. The van der Waals surface area contributed by atoms with Crippen molar-refractivity contribution >= 4 is 23.7 Å². The maximum Gasteiger partial charge on any atom is 0.306 e. The van der Waals surface area contributed by atoms with Crippen molar-refractivity contribution in [2.75, 3.05) is 24.7 Å². The molecule has 0 N–H and O–H groups in total. The van der Waals surface area contributed by atoms with E-state index in [4.69, 9.17) is 14.2 Å². The molecule has 0 aromatic carbocycles. The zero-order valence-electron chi connectivity index (χ0n) is 13.6. The Hall–Kier alpha value is -0.750. The molecule has 6 heteroatoms. The molecule has 0 aliphatic carbocycles. The summed E-state index contributed by atoms with van der Waals surface area (Å²) < 4.78 is 15.7. The standard InChI is InChI=1S/C15H28O5S/c1-5-6-8-18-15(17)7-9-21-11-14(20-13(4)16)10-19-12(2)3/h12,14H,5-11H2,1-4H3. The van der Waals surface area contributed by atoms with Crippen LogP contribution in [0.15, 0.2) is 0 Å². The average Bonchev–Trinajstić information content (AvgIpc) is 2.40. The Morgan fingerprint density at radius 3 is 2.52 bits per heavy atom. The number of ether oxygens (including phenoxy) is 3. The second kappa shape index (κ2) is 13.0. The summed E-state index contributed by atoms with van der Waals surface area (Å²) in [5.74, 6) is 0.796. The lowest BCUT2D eigenvalue weighted by Gasteiger charge is -2.18. The lowest BCUT2D eigenvalue weighted by molar-refractivity contribution is -0.148. The third-order valence-electron chi connectivity index (χ3n) is 2.46. The first-order chi connectivity index (χ1) is 9.95. The van der Waals surface area contributed by atoms with E-state index in [1.54, 1.807) is 11.8 Å². The van der Waals surface area contributed by atoms with Gasteiger partial charge in [0.1, 0.15) is 6.10 Å². The summed E-state index contributed by atoms with van der Waals surface area (Å²) in [5.41, 5.74) is 0. The maximum atomic E-state index is 11.4. The highest BCUT2D eigenvalue weighted by Crippen LogP contribution is 2.10. The predicted octanol–water partition coefficient (Wildman–Crippen LogP) is 2.81. The lowest BCUT2D eigenvalue weighted by atomic mass is 10.4. The van der Waals surface area contributed by atoms with Gasteiger partial charge in [0.05, 0.1) is 25.7 Å². The largest absolute Gasteiger partial charge is 0.466 e. The molecular formula is C15H28O5S. The first kappa shape index (κ1) is 20.2. The number of carbonyl (C=O) groups is 2. The van der Waals surface area contributed by atoms with Crippen LogP contribution in [0.5, 0.6) is 0 Å². The number of hydrogen-bond donors (Lipinski definition) is 0. The van der Waals surface area contributed by atoms with Crippen molar-refractivity contribution in [3.63, 3.8) is 0 Å². The van der Waals surface area contributed by atoms with Crippen LogP contribution in [0, 0.1) is 0 Å². The molecule has 0 saturated heterocycles. The molecule has 5 nitrogen and oxygen atoms in total. The van der Waals surface area contributed by atoms with E-state index in [1.807, 2.05) is 13.8 Å². The quantitative estimate of drug-likeness (QED) is 0.407. The topological polar surface area (TPSA) is 61.8 Å². The van der Waals surface area contributed by atoms with Crippen LogP contribution in [-0.2, 0) is 23.8 Å². The number of esters is 2. The maximum absolute atomic E-state index is 11.4. The van der Waals surface area contributed by atoms with Crippen LogP contribution in [0.1, 0.15) is 47.0 Å². The SMILES string of the molecule is CCCCOC(=O)CCSCC(COC(C)C)OC(C)=O. The fourth-order valence-electron chi connectivity index (χ4n) is 1.42. The van der Waals surface area contributed by atoms with Gasteiger partial charge >= 0.3 is 11.9 Å². The number of carbonyl (C=O) groups excluding carboxylic acids is 2. The Balaban J connectivity index is 3.80. The lowest BCUT2D eigenvalue weighted by Crippen LogP contribution is -2.26. The van der Waals surface area contributed by atoms with Gasteiger partial charge in [0, 0.05) is 18.4 Å². The highest BCUT2D eigenvalue weighted by Gasteiger charge is 2.14. The van der Waals surface area contributed by atoms with E-state index in [1.165, 1.54) is 6.92 Å². The molecule has 0 radical (unpaired) electrons. The Labute approximate surface area is 132 Å². The Morgan fingerprint density at radius 2 is 1.95 bits per heavy atom. The summed E-state index contributed by atoms with van der Waals surface area (Å²) in [6, 6.07) is 0. The smallest absolute Gasteiger partial charge is 0.306 e. The normalized spacial score (nSPS) is 12.2. The molecule has 1 atom stereocenters. The Bertz CT molecular complexity index is 294. The molecule has 0 aromatic rings. The molecule has 0 bridgehead atoms. The second-order valence-electron chi connectivity index (χ2n) is 5.01. The van der Waals surface area contributed by atoms with Crippen LogP contribution in [0.2, 0.25) is 0 Å². The van der Waals surface area contributed by atoms with Crippen molar-refractivity contribution in [3.8, 4) is 0 Å². The van der Waals surface area contributed by atoms with Crippen molar-refractivity contribution in [1.29, 1.82) is 0 Å². The fraction of sp³-hybridized carbons (Fsp3) is 0.867. The highest BCUT2D eigenvalue weighted by atomic mass is 32.2. The molecule has 0 spiro atoms. The van der Waals surface area contributed by atoms with Crippen molar-refractivity contribution < 1.29 is 23.8 Å². The zero-order valence-corrected chi connectivity index (χ0v) is 14.4. The van der Waals surface area contributed by atoms with Crippen molar-refractivity contribution in [2.24, 2.45) is 0 Å². The third-order valence-corrected chi connectivity index (χ3v) is 3.56. The van der Waals surface area contributed by atoms with Crippen LogP contribution in [0.25, 0.3) is 0 Å². The van der Waals surface area contributed by atoms with Gasteiger partial charge in [-0.05, 0) is 20.3 Å². The van der Waals surface area contributed by atoms with Crippen LogP contribution < -0.4 is 0 Å². The molecule has 0 aliphatic heterocycles. The molecule has 0 heterocycles. The molecule has 0 rings (SSSR count). The van der Waals surface area contributed by atoms with Gasteiger partial charge in [-0.1, -0.05) is 13.3 Å². The molecule has 0 aliphatic rings. The predicted molar refractivity (Wildman–Crippen MR) is 84.5 cm³/mol. The Morgan fingerprint density at radius 1 is 1.24 bits per heavy atom. The summed E-state index contributed by atoms with van der Waals surface area (Å²) in [6.45, 7) is 8.19. The van der Waals surface area contributed by atoms with Gasteiger partial charge in [0.2, 0.25) is 0 Å². The average molecular weight is 320 g/mol. The fourth-order valence-corrected chi connectivity index (χ4v) is 2.33. The zero-order chi connectivity index (χ0) is 16.1. The monoisotopic (exact) mass is 320 g/mol. The van der Waals surface area contributed by atoms with Gasteiger partial charge in [-0.25, -0.2) is 0 Å². The van der Waals surface area contributed by atoms with E-state index in [-0.39, 0.29) is 24.1 Å². The summed E-state index contributed by atoms with van der Waals surface area (Å²) in [6.07, 6.45) is 2.13. The summed E-state index contributed by atoms with van der Waals surface area (Å²) in [7, 11) is 0. The van der Waals surface area contributed by atoms with Gasteiger partial charge in [0.15, 0.2) is 0 Å². The van der Waals surface area contributed by atoms with Crippen molar-refractivity contribution in [3.05, 3.63) is 0 Å². The molecule has 0 fully saturated rings. The first-order valence-electron chi connectivity index (χ1n) is 7.47. The highest BCUT2D eigenvalue weighted by molar-refractivity contribution is 7.99. The summed E-state index contributed by atoms with van der Waals surface area (Å²) in [4.78, 5) is 22.4. The summed E-state index contributed by atoms with van der Waals surface area (Å²) >= 11 is 1.56. The number of unbranched alkanes of at least 4 members (excludes halogenated alkanes) is 1. The van der Waals surface area contributed by atoms with Gasteiger partial charge in [-0.15, -0.1) is 0 Å². The molecule has 1 unspecified atom stereocenters. The number of hydrogen-bond acceptors (Lipinski definition) is 6. The minimum atomic E-state index is -0.313. The Kier molecular flexibility index (Phi) is 12.5. The molecule has 0 saturated carbocycles. The van der Waals surface area contributed by atoms with Gasteiger partial charge in [-0.2, -0.15) is 11.8 Å². The van der Waals surface area contributed by atoms with Gasteiger partial charge in [0.25, 0.3) is 0 Å². The molecule has 124 valence electrons.